The predicted octanol–water partition coefficient (Wildman–Crippen LogP) is 9.66. The Labute approximate surface area is 269 Å². The Morgan fingerprint density at radius 2 is 1.20 bits per heavy atom. The van der Waals surface area contributed by atoms with Crippen molar-refractivity contribution in [1.29, 1.82) is 0 Å². The Balaban J connectivity index is 1.22. The maximum Gasteiger partial charge on any atom is 0.232 e. The van der Waals surface area contributed by atoms with E-state index in [1.54, 1.807) is 0 Å². The normalized spacial score (nSPS) is 17.9. The van der Waals surface area contributed by atoms with Gasteiger partial charge in [-0.25, -0.2) is 0 Å². The first kappa shape index (κ1) is 32.2. The summed E-state index contributed by atoms with van der Waals surface area (Å²) in [5.41, 5.74) is 5.40. The number of hydrogen-bond donors (Lipinski definition) is 2. The lowest BCUT2D eigenvalue weighted by atomic mass is 9.73. The average Bonchev–Trinajstić information content (AvgIpc) is 3.08. The molecule has 45 heavy (non-hydrogen) atoms. The molecule has 0 spiro atoms. The summed E-state index contributed by atoms with van der Waals surface area (Å²) < 4.78 is 0. The minimum atomic E-state index is -0.358. The standard InChI is InChI=1S/C41H48N2O2/c1-29(2)40(44)42-37-21-13-20-36(28-37)32-25-23-31(24-26-32)30(3)22-27-38(33-14-7-4-8-15-33)43-41(45)39(34-16-9-5-10-17-34)35-18-11-6-12-19-35/h4-21,28-32,38-39H,22-27H2,1-3H3,(H,42,44)(H,43,45)/t30-,31?,32?,38+/m1/s1. The molecule has 4 nitrogen and oxygen atoms in total. The third-order valence-corrected chi connectivity index (χ3v) is 9.68. The van der Waals surface area contributed by atoms with Crippen molar-refractivity contribution >= 4 is 17.5 Å². The first-order chi connectivity index (χ1) is 21.9. The summed E-state index contributed by atoms with van der Waals surface area (Å²) in [4.78, 5) is 26.2. The van der Waals surface area contributed by atoms with Crippen molar-refractivity contribution in [1.82, 2.24) is 5.32 Å². The maximum atomic E-state index is 14.0. The zero-order valence-electron chi connectivity index (χ0n) is 27.0. The average molecular weight is 601 g/mol. The molecule has 2 atom stereocenters. The summed E-state index contributed by atoms with van der Waals surface area (Å²) >= 11 is 0. The largest absolute Gasteiger partial charge is 0.348 e. The van der Waals surface area contributed by atoms with Crippen LogP contribution in [0.2, 0.25) is 0 Å². The molecule has 0 aliphatic heterocycles. The van der Waals surface area contributed by atoms with Gasteiger partial charge in [-0.3, -0.25) is 9.59 Å². The quantitative estimate of drug-likeness (QED) is 0.170. The van der Waals surface area contributed by atoms with Gasteiger partial charge in [0.15, 0.2) is 0 Å². The summed E-state index contributed by atoms with van der Waals surface area (Å²) in [5, 5.41) is 6.53. The molecule has 0 unspecified atom stereocenters. The Kier molecular flexibility index (Phi) is 11.2. The first-order valence-corrected chi connectivity index (χ1v) is 16.7. The molecule has 1 aliphatic carbocycles. The number of anilines is 1. The molecule has 1 fully saturated rings. The van der Waals surface area contributed by atoms with Gasteiger partial charge in [-0.05, 0) is 90.7 Å². The van der Waals surface area contributed by atoms with Gasteiger partial charge in [-0.2, -0.15) is 0 Å². The molecule has 4 aromatic rings. The molecule has 4 aromatic carbocycles. The van der Waals surface area contributed by atoms with E-state index in [4.69, 9.17) is 0 Å². The zero-order chi connectivity index (χ0) is 31.6. The van der Waals surface area contributed by atoms with Crippen molar-refractivity contribution in [2.75, 3.05) is 5.32 Å². The van der Waals surface area contributed by atoms with Crippen molar-refractivity contribution < 1.29 is 9.59 Å². The summed E-state index contributed by atoms with van der Waals surface area (Å²) in [6, 6.07) is 39.0. The smallest absolute Gasteiger partial charge is 0.232 e. The van der Waals surface area contributed by atoms with Gasteiger partial charge in [-0.1, -0.05) is 124 Å². The molecule has 4 heteroatoms. The van der Waals surface area contributed by atoms with Gasteiger partial charge in [0.1, 0.15) is 0 Å². The van der Waals surface area contributed by atoms with E-state index < -0.39 is 0 Å². The number of nitrogens with one attached hydrogen (secondary N) is 2. The van der Waals surface area contributed by atoms with Crippen LogP contribution in [0.25, 0.3) is 0 Å². The highest BCUT2D eigenvalue weighted by molar-refractivity contribution is 5.92. The van der Waals surface area contributed by atoms with Crippen LogP contribution in [0.15, 0.2) is 115 Å². The van der Waals surface area contributed by atoms with E-state index >= 15 is 0 Å². The molecule has 2 N–H and O–H groups in total. The minimum Gasteiger partial charge on any atom is -0.348 e. The van der Waals surface area contributed by atoms with Gasteiger partial charge in [-0.15, -0.1) is 0 Å². The maximum absolute atomic E-state index is 14.0. The third-order valence-electron chi connectivity index (χ3n) is 9.68. The monoisotopic (exact) mass is 600 g/mol. The second-order valence-corrected chi connectivity index (χ2v) is 13.2. The molecule has 1 saturated carbocycles. The molecule has 234 valence electrons. The van der Waals surface area contributed by atoms with Crippen molar-refractivity contribution in [3.63, 3.8) is 0 Å². The fraction of sp³-hybridized carbons (Fsp3) is 0.366. The van der Waals surface area contributed by atoms with E-state index in [9.17, 15) is 9.59 Å². The highest BCUT2D eigenvalue weighted by Gasteiger charge is 2.29. The molecule has 0 bridgehead atoms. The highest BCUT2D eigenvalue weighted by atomic mass is 16.2. The summed E-state index contributed by atoms with van der Waals surface area (Å²) in [6.45, 7) is 6.24. The van der Waals surface area contributed by atoms with Crippen LogP contribution < -0.4 is 10.6 Å². The van der Waals surface area contributed by atoms with E-state index in [1.807, 2.05) is 86.6 Å². The van der Waals surface area contributed by atoms with Crippen LogP contribution in [0.5, 0.6) is 0 Å². The fourth-order valence-corrected chi connectivity index (χ4v) is 6.89. The lowest BCUT2D eigenvalue weighted by Crippen LogP contribution is -2.34. The van der Waals surface area contributed by atoms with Gasteiger partial charge in [0.05, 0.1) is 12.0 Å². The molecule has 5 rings (SSSR count). The Morgan fingerprint density at radius 3 is 1.76 bits per heavy atom. The Bertz CT molecular complexity index is 1460. The van der Waals surface area contributed by atoms with Gasteiger partial charge in [0, 0.05) is 11.6 Å². The van der Waals surface area contributed by atoms with Crippen LogP contribution in [0.4, 0.5) is 5.69 Å². The minimum absolute atomic E-state index is 0.0328. The summed E-state index contributed by atoms with van der Waals surface area (Å²) in [6.07, 6.45) is 6.73. The van der Waals surface area contributed by atoms with E-state index in [-0.39, 0.29) is 29.7 Å². The highest BCUT2D eigenvalue weighted by Crippen LogP contribution is 2.41. The number of carbonyl (C=O) groups is 2. The molecular formula is C41H48N2O2. The van der Waals surface area contributed by atoms with Crippen LogP contribution in [-0.2, 0) is 9.59 Å². The molecule has 0 heterocycles. The molecular weight excluding hydrogens is 552 g/mol. The Hall–Kier alpha value is -4.18. The second-order valence-electron chi connectivity index (χ2n) is 13.2. The SMILES string of the molecule is CC(C)C(=O)Nc1cccc(C2CCC([C@H](C)CC[C@H](NC(=O)C(c3ccccc3)c3ccccc3)c3ccccc3)CC2)c1. The van der Waals surface area contributed by atoms with Crippen molar-refractivity contribution in [2.45, 2.75) is 77.2 Å². The number of benzene rings is 4. The van der Waals surface area contributed by atoms with Crippen molar-refractivity contribution in [2.24, 2.45) is 17.8 Å². The van der Waals surface area contributed by atoms with Crippen LogP contribution in [0.1, 0.15) is 99.4 Å². The summed E-state index contributed by atoms with van der Waals surface area (Å²) in [5.74, 6) is 1.50. The molecule has 1 aliphatic rings. The predicted molar refractivity (Wildman–Crippen MR) is 185 cm³/mol. The first-order valence-electron chi connectivity index (χ1n) is 16.7. The van der Waals surface area contributed by atoms with Crippen LogP contribution in [-0.4, -0.2) is 11.8 Å². The third kappa shape index (κ3) is 8.72. The van der Waals surface area contributed by atoms with E-state index in [1.165, 1.54) is 31.2 Å². The molecule has 2 amide bonds. The number of amides is 2. The lowest BCUT2D eigenvalue weighted by molar-refractivity contribution is -0.122. The van der Waals surface area contributed by atoms with Crippen molar-refractivity contribution in [3.05, 3.63) is 138 Å². The fourth-order valence-electron chi connectivity index (χ4n) is 6.89. The number of hydrogen-bond acceptors (Lipinski definition) is 2. The van der Waals surface area contributed by atoms with E-state index in [2.05, 4.69) is 60.0 Å². The lowest BCUT2D eigenvalue weighted by Gasteiger charge is -2.33. The zero-order valence-corrected chi connectivity index (χ0v) is 27.0. The molecule has 0 radical (unpaired) electrons. The number of rotatable bonds is 12. The van der Waals surface area contributed by atoms with Crippen LogP contribution in [0.3, 0.4) is 0 Å². The Morgan fingerprint density at radius 1 is 0.644 bits per heavy atom. The van der Waals surface area contributed by atoms with Crippen molar-refractivity contribution in [3.8, 4) is 0 Å². The second kappa shape index (κ2) is 15.7. The van der Waals surface area contributed by atoms with Gasteiger partial charge in [0.2, 0.25) is 11.8 Å². The number of carbonyl (C=O) groups excluding carboxylic acids is 2. The van der Waals surface area contributed by atoms with Gasteiger partial charge >= 0.3 is 0 Å². The van der Waals surface area contributed by atoms with Crippen LogP contribution in [0, 0.1) is 17.8 Å². The topological polar surface area (TPSA) is 58.2 Å². The van der Waals surface area contributed by atoms with E-state index in [0.717, 1.165) is 35.2 Å². The van der Waals surface area contributed by atoms with Gasteiger partial charge < -0.3 is 10.6 Å². The van der Waals surface area contributed by atoms with E-state index in [0.29, 0.717) is 17.8 Å². The summed E-state index contributed by atoms with van der Waals surface area (Å²) in [7, 11) is 0. The molecule has 0 saturated heterocycles. The van der Waals surface area contributed by atoms with Crippen LogP contribution >= 0.6 is 0 Å². The molecule has 0 aromatic heterocycles. The van der Waals surface area contributed by atoms with Gasteiger partial charge in [0.25, 0.3) is 0 Å².